The standard InChI is InChI=1S/C12H18N2O3S/c1-18(15,16)14-7-8-17-12-5-4-10(3-2-6-13)9-11(12)14/h4-5,9H,2-3,6-8,13H2,1H3. The van der Waals surface area contributed by atoms with E-state index < -0.39 is 10.0 Å². The predicted molar refractivity (Wildman–Crippen MR) is 71.5 cm³/mol. The summed E-state index contributed by atoms with van der Waals surface area (Å²) in [5.41, 5.74) is 7.20. The molecule has 0 aliphatic carbocycles. The molecule has 1 heterocycles. The van der Waals surface area contributed by atoms with E-state index in [0.717, 1.165) is 18.4 Å². The highest BCUT2D eigenvalue weighted by Crippen LogP contribution is 2.34. The molecule has 5 nitrogen and oxygen atoms in total. The van der Waals surface area contributed by atoms with Crippen molar-refractivity contribution in [2.75, 3.05) is 30.3 Å². The Labute approximate surface area is 108 Å². The number of nitrogens with two attached hydrogens (primary N) is 1. The molecule has 2 N–H and O–H groups in total. The summed E-state index contributed by atoms with van der Waals surface area (Å²) in [5, 5.41) is 0. The van der Waals surface area contributed by atoms with Crippen molar-refractivity contribution in [3.8, 4) is 5.75 Å². The summed E-state index contributed by atoms with van der Waals surface area (Å²) in [4.78, 5) is 0. The van der Waals surface area contributed by atoms with Gasteiger partial charge in [0, 0.05) is 0 Å². The molecular formula is C12H18N2O3S. The zero-order valence-corrected chi connectivity index (χ0v) is 11.2. The molecule has 0 spiro atoms. The van der Waals surface area contributed by atoms with Crippen LogP contribution in [0.25, 0.3) is 0 Å². The lowest BCUT2D eigenvalue weighted by atomic mass is 10.1. The van der Waals surface area contributed by atoms with Crippen LogP contribution >= 0.6 is 0 Å². The number of hydrogen-bond acceptors (Lipinski definition) is 4. The second-order valence-electron chi connectivity index (χ2n) is 4.38. The van der Waals surface area contributed by atoms with Crippen LogP contribution in [0.3, 0.4) is 0 Å². The summed E-state index contributed by atoms with van der Waals surface area (Å²) in [7, 11) is -3.25. The first-order valence-electron chi connectivity index (χ1n) is 5.96. The van der Waals surface area contributed by atoms with Gasteiger partial charge in [0.15, 0.2) is 0 Å². The van der Waals surface area contributed by atoms with Gasteiger partial charge >= 0.3 is 0 Å². The van der Waals surface area contributed by atoms with Crippen molar-refractivity contribution in [2.45, 2.75) is 12.8 Å². The molecule has 0 aromatic heterocycles. The Morgan fingerprint density at radius 3 is 2.89 bits per heavy atom. The summed E-state index contributed by atoms with van der Waals surface area (Å²) in [6.07, 6.45) is 2.95. The molecule has 1 aliphatic rings. The Balaban J connectivity index is 2.35. The zero-order valence-electron chi connectivity index (χ0n) is 10.4. The second-order valence-corrected chi connectivity index (χ2v) is 6.28. The largest absolute Gasteiger partial charge is 0.489 e. The predicted octanol–water partition coefficient (Wildman–Crippen LogP) is 0.736. The van der Waals surface area contributed by atoms with Crippen LogP contribution in [0.1, 0.15) is 12.0 Å². The normalized spacial score (nSPS) is 15.1. The van der Waals surface area contributed by atoms with Gasteiger partial charge in [0.1, 0.15) is 12.4 Å². The molecule has 0 radical (unpaired) electrons. The Bertz CT molecular complexity index is 528. The van der Waals surface area contributed by atoms with Gasteiger partial charge in [-0.1, -0.05) is 6.07 Å². The van der Waals surface area contributed by atoms with E-state index in [1.165, 1.54) is 10.6 Å². The summed E-state index contributed by atoms with van der Waals surface area (Å²) in [6.45, 7) is 1.39. The van der Waals surface area contributed by atoms with Crippen molar-refractivity contribution in [3.63, 3.8) is 0 Å². The minimum Gasteiger partial charge on any atom is -0.489 e. The number of ether oxygens (including phenoxy) is 1. The number of benzene rings is 1. The quantitative estimate of drug-likeness (QED) is 0.875. The third kappa shape index (κ3) is 2.76. The Hall–Kier alpha value is -1.27. The van der Waals surface area contributed by atoms with Crippen LogP contribution in [0.4, 0.5) is 5.69 Å². The first-order chi connectivity index (χ1) is 8.52. The molecule has 2 rings (SSSR count). The number of rotatable bonds is 4. The molecule has 1 aromatic rings. The monoisotopic (exact) mass is 270 g/mol. The number of fused-ring (bicyclic) bond motifs is 1. The molecule has 0 amide bonds. The smallest absolute Gasteiger partial charge is 0.232 e. The molecule has 0 fully saturated rings. The highest BCUT2D eigenvalue weighted by atomic mass is 32.2. The molecule has 18 heavy (non-hydrogen) atoms. The fourth-order valence-electron chi connectivity index (χ4n) is 2.05. The van der Waals surface area contributed by atoms with Crippen molar-refractivity contribution in [3.05, 3.63) is 23.8 Å². The average Bonchev–Trinajstić information content (AvgIpc) is 2.34. The summed E-state index contributed by atoms with van der Waals surface area (Å²) >= 11 is 0. The molecule has 0 unspecified atom stereocenters. The van der Waals surface area contributed by atoms with E-state index in [0.29, 0.717) is 31.1 Å². The topological polar surface area (TPSA) is 72.6 Å². The van der Waals surface area contributed by atoms with Gasteiger partial charge in [-0.2, -0.15) is 0 Å². The summed E-state index contributed by atoms with van der Waals surface area (Å²) < 4.78 is 30.3. The summed E-state index contributed by atoms with van der Waals surface area (Å²) in [6, 6.07) is 5.67. The van der Waals surface area contributed by atoms with Crippen LogP contribution in [-0.4, -0.2) is 34.4 Å². The van der Waals surface area contributed by atoms with Crippen molar-refractivity contribution < 1.29 is 13.2 Å². The fourth-order valence-corrected chi connectivity index (χ4v) is 2.95. The molecule has 1 aromatic carbocycles. The van der Waals surface area contributed by atoms with E-state index in [1.54, 1.807) is 0 Å². The molecule has 0 saturated heterocycles. The van der Waals surface area contributed by atoms with Crippen LogP contribution in [-0.2, 0) is 16.4 Å². The maximum Gasteiger partial charge on any atom is 0.232 e. The maximum absolute atomic E-state index is 11.7. The zero-order chi connectivity index (χ0) is 13.2. The van der Waals surface area contributed by atoms with Crippen LogP contribution in [0, 0.1) is 0 Å². The Morgan fingerprint density at radius 1 is 1.44 bits per heavy atom. The number of sulfonamides is 1. The minimum absolute atomic E-state index is 0.367. The van der Waals surface area contributed by atoms with E-state index in [4.69, 9.17) is 10.5 Å². The average molecular weight is 270 g/mol. The summed E-state index contributed by atoms with van der Waals surface area (Å²) in [5.74, 6) is 0.628. The van der Waals surface area contributed by atoms with E-state index in [1.807, 2.05) is 18.2 Å². The van der Waals surface area contributed by atoms with Crippen LogP contribution in [0.5, 0.6) is 5.75 Å². The van der Waals surface area contributed by atoms with E-state index in [-0.39, 0.29) is 0 Å². The van der Waals surface area contributed by atoms with Crippen molar-refractivity contribution in [1.82, 2.24) is 0 Å². The second kappa shape index (κ2) is 5.16. The number of nitrogens with zero attached hydrogens (tertiary/aromatic N) is 1. The highest BCUT2D eigenvalue weighted by Gasteiger charge is 2.25. The Kier molecular flexibility index (Phi) is 3.77. The van der Waals surface area contributed by atoms with Crippen molar-refractivity contribution >= 4 is 15.7 Å². The number of hydrogen-bond donors (Lipinski definition) is 1. The first-order valence-corrected chi connectivity index (χ1v) is 7.80. The van der Waals surface area contributed by atoms with Gasteiger partial charge in [0.25, 0.3) is 0 Å². The fraction of sp³-hybridized carbons (Fsp3) is 0.500. The van der Waals surface area contributed by atoms with E-state index in [9.17, 15) is 8.42 Å². The molecule has 100 valence electrons. The van der Waals surface area contributed by atoms with Crippen LogP contribution in [0.15, 0.2) is 18.2 Å². The minimum atomic E-state index is -3.25. The molecule has 6 heteroatoms. The van der Waals surface area contributed by atoms with E-state index >= 15 is 0 Å². The van der Waals surface area contributed by atoms with Gasteiger partial charge < -0.3 is 10.5 Å². The van der Waals surface area contributed by atoms with Crippen molar-refractivity contribution in [1.29, 1.82) is 0 Å². The highest BCUT2D eigenvalue weighted by molar-refractivity contribution is 7.92. The first kappa shape index (κ1) is 13.2. The van der Waals surface area contributed by atoms with Crippen LogP contribution in [0.2, 0.25) is 0 Å². The lowest BCUT2D eigenvalue weighted by Crippen LogP contribution is -2.37. The maximum atomic E-state index is 11.7. The van der Waals surface area contributed by atoms with E-state index in [2.05, 4.69) is 0 Å². The lowest BCUT2D eigenvalue weighted by Gasteiger charge is -2.29. The third-order valence-electron chi connectivity index (χ3n) is 2.91. The molecule has 0 saturated carbocycles. The van der Waals surface area contributed by atoms with Gasteiger partial charge in [-0.3, -0.25) is 4.31 Å². The SMILES string of the molecule is CS(=O)(=O)N1CCOc2ccc(CCCN)cc21. The van der Waals surface area contributed by atoms with Crippen LogP contribution < -0.4 is 14.8 Å². The number of aryl methyl sites for hydroxylation is 1. The lowest BCUT2D eigenvalue weighted by molar-refractivity contribution is 0.316. The molecule has 0 atom stereocenters. The van der Waals surface area contributed by atoms with Gasteiger partial charge in [0.05, 0.1) is 18.5 Å². The number of anilines is 1. The van der Waals surface area contributed by atoms with Gasteiger partial charge in [-0.05, 0) is 37.1 Å². The molecular weight excluding hydrogens is 252 g/mol. The molecule has 1 aliphatic heterocycles. The van der Waals surface area contributed by atoms with Gasteiger partial charge in [0.2, 0.25) is 10.0 Å². The van der Waals surface area contributed by atoms with Crippen molar-refractivity contribution in [2.24, 2.45) is 5.73 Å². The van der Waals surface area contributed by atoms with Gasteiger partial charge in [-0.25, -0.2) is 8.42 Å². The van der Waals surface area contributed by atoms with Gasteiger partial charge in [-0.15, -0.1) is 0 Å². The Morgan fingerprint density at radius 2 is 2.22 bits per heavy atom. The third-order valence-corrected chi connectivity index (χ3v) is 4.09. The molecule has 0 bridgehead atoms.